The highest BCUT2D eigenvalue weighted by Gasteiger charge is 2.34. The van der Waals surface area contributed by atoms with Crippen molar-refractivity contribution in [2.24, 2.45) is 15.9 Å². The topological polar surface area (TPSA) is 49.9 Å². The maximum atomic E-state index is 5.38. The molecule has 0 bridgehead atoms. The van der Waals surface area contributed by atoms with Gasteiger partial charge in [-0.1, -0.05) is 54.6 Å². The molecule has 3 aromatic rings. The van der Waals surface area contributed by atoms with Crippen LogP contribution >= 0.6 is 0 Å². The molecule has 0 saturated heterocycles. The number of aliphatic imine (C=N–C) groups is 2. The Balaban J connectivity index is 1.46. The summed E-state index contributed by atoms with van der Waals surface area (Å²) >= 11 is 0. The molecule has 2 atom stereocenters. The molecule has 0 fully saturated rings. The Labute approximate surface area is 158 Å². The van der Waals surface area contributed by atoms with Gasteiger partial charge in [-0.3, -0.25) is 4.99 Å². The second kappa shape index (κ2) is 6.88. The maximum absolute atomic E-state index is 5.38. The first-order valence-corrected chi connectivity index (χ1v) is 9.42. The third-order valence-corrected chi connectivity index (χ3v) is 5.41. The molecular formula is C23H21N3O. The SMILES string of the molecule is c1ccc(C2CC3CN=C(NCc4ccco4)N=C3c3ccccc32)cc1. The van der Waals surface area contributed by atoms with Crippen LogP contribution in [0.2, 0.25) is 0 Å². The van der Waals surface area contributed by atoms with Gasteiger partial charge in [0.05, 0.1) is 25.1 Å². The number of furan rings is 1. The van der Waals surface area contributed by atoms with E-state index in [0.29, 0.717) is 24.3 Å². The Kier molecular flexibility index (Phi) is 4.09. The van der Waals surface area contributed by atoms with Gasteiger partial charge in [0.25, 0.3) is 0 Å². The van der Waals surface area contributed by atoms with E-state index >= 15 is 0 Å². The fourth-order valence-corrected chi connectivity index (χ4v) is 4.11. The fourth-order valence-electron chi connectivity index (χ4n) is 4.11. The lowest BCUT2D eigenvalue weighted by Crippen LogP contribution is -2.35. The number of hydrogen-bond acceptors (Lipinski definition) is 4. The van der Waals surface area contributed by atoms with E-state index in [0.717, 1.165) is 24.4 Å². The Morgan fingerprint density at radius 1 is 0.963 bits per heavy atom. The molecule has 4 nitrogen and oxygen atoms in total. The van der Waals surface area contributed by atoms with Crippen molar-refractivity contribution in [1.29, 1.82) is 0 Å². The molecule has 2 heterocycles. The summed E-state index contributed by atoms with van der Waals surface area (Å²) in [5.41, 5.74) is 5.16. The Morgan fingerprint density at radius 2 is 1.81 bits per heavy atom. The van der Waals surface area contributed by atoms with Crippen LogP contribution in [0.15, 0.2) is 87.4 Å². The quantitative estimate of drug-likeness (QED) is 0.758. The lowest BCUT2D eigenvalue weighted by Gasteiger charge is -2.34. The van der Waals surface area contributed by atoms with E-state index in [1.807, 2.05) is 12.1 Å². The maximum Gasteiger partial charge on any atom is 0.218 e. The zero-order chi connectivity index (χ0) is 18.1. The van der Waals surface area contributed by atoms with Crippen LogP contribution < -0.4 is 5.32 Å². The van der Waals surface area contributed by atoms with Gasteiger partial charge in [0, 0.05) is 17.4 Å². The van der Waals surface area contributed by atoms with Crippen molar-refractivity contribution in [1.82, 2.24) is 5.32 Å². The number of rotatable bonds is 3. The molecule has 2 aromatic carbocycles. The number of nitrogens with zero attached hydrogens (tertiary/aromatic N) is 2. The summed E-state index contributed by atoms with van der Waals surface area (Å²) in [6.07, 6.45) is 2.73. The van der Waals surface area contributed by atoms with Gasteiger partial charge in [0.1, 0.15) is 5.76 Å². The van der Waals surface area contributed by atoms with E-state index in [-0.39, 0.29) is 0 Å². The Morgan fingerprint density at radius 3 is 2.67 bits per heavy atom. The van der Waals surface area contributed by atoms with Crippen molar-refractivity contribution < 1.29 is 4.42 Å². The molecule has 4 heteroatoms. The molecule has 0 radical (unpaired) electrons. The van der Waals surface area contributed by atoms with Crippen LogP contribution in [0.25, 0.3) is 0 Å². The highest BCUT2D eigenvalue weighted by atomic mass is 16.3. The molecule has 1 aliphatic carbocycles. The monoisotopic (exact) mass is 355 g/mol. The van der Waals surface area contributed by atoms with Gasteiger partial charge in [-0.15, -0.1) is 0 Å². The van der Waals surface area contributed by atoms with Crippen molar-refractivity contribution in [2.45, 2.75) is 18.9 Å². The third-order valence-electron chi connectivity index (χ3n) is 5.41. The van der Waals surface area contributed by atoms with Crippen molar-refractivity contribution >= 4 is 11.7 Å². The summed E-state index contributed by atoms with van der Waals surface area (Å²) in [5.74, 6) is 2.34. The van der Waals surface area contributed by atoms with Gasteiger partial charge in [-0.25, -0.2) is 4.99 Å². The smallest absolute Gasteiger partial charge is 0.218 e. The minimum Gasteiger partial charge on any atom is -0.467 e. The highest BCUT2D eigenvalue weighted by Crippen LogP contribution is 2.40. The number of nitrogens with one attached hydrogen (secondary N) is 1. The standard InChI is InChI=1S/C23H21N3O/c1-2-7-16(8-3-1)21-13-17-14-24-23(25-15-18-9-6-12-27-18)26-22(17)20-11-5-4-10-19(20)21/h1-12,17,21H,13-15H2,(H,24,25). The molecule has 1 aliphatic heterocycles. The summed E-state index contributed by atoms with van der Waals surface area (Å²) in [7, 11) is 0. The summed E-state index contributed by atoms with van der Waals surface area (Å²) < 4.78 is 5.38. The van der Waals surface area contributed by atoms with Crippen LogP contribution in [0.4, 0.5) is 0 Å². The normalized spacial score (nSPS) is 20.9. The summed E-state index contributed by atoms with van der Waals surface area (Å²) in [4.78, 5) is 9.58. The number of hydrogen-bond donors (Lipinski definition) is 1. The van der Waals surface area contributed by atoms with Crippen LogP contribution in [0.1, 0.15) is 34.8 Å². The Bertz CT molecular complexity index is 989. The first kappa shape index (κ1) is 16.1. The molecule has 134 valence electrons. The van der Waals surface area contributed by atoms with Gasteiger partial charge < -0.3 is 9.73 Å². The molecule has 1 N–H and O–H groups in total. The molecular weight excluding hydrogens is 334 g/mol. The lowest BCUT2D eigenvalue weighted by atomic mass is 9.72. The number of benzene rings is 2. The van der Waals surface area contributed by atoms with Crippen LogP contribution in [0, 0.1) is 5.92 Å². The first-order valence-electron chi connectivity index (χ1n) is 9.42. The predicted octanol–water partition coefficient (Wildman–Crippen LogP) is 4.38. The second-order valence-corrected chi connectivity index (χ2v) is 7.08. The van der Waals surface area contributed by atoms with Crippen LogP contribution in [-0.2, 0) is 6.54 Å². The van der Waals surface area contributed by atoms with E-state index < -0.39 is 0 Å². The predicted molar refractivity (Wildman–Crippen MR) is 107 cm³/mol. The van der Waals surface area contributed by atoms with Gasteiger partial charge >= 0.3 is 0 Å². The zero-order valence-corrected chi connectivity index (χ0v) is 15.0. The van der Waals surface area contributed by atoms with E-state index in [1.54, 1.807) is 6.26 Å². The largest absolute Gasteiger partial charge is 0.467 e. The second-order valence-electron chi connectivity index (χ2n) is 7.08. The van der Waals surface area contributed by atoms with Crippen LogP contribution in [-0.4, -0.2) is 18.2 Å². The number of fused-ring (bicyclic) bond motifs is 3. The van der Waals surface area contributed by atoms with Gasteiger partial charge in [-0.2, -0.15) is 0 Å². The van der Waals surface area contributed by atoms with Gasteiger partial charge in [0.2, 0.25) is 5.96 Å². The highest BCUT2D eigenvalue weighted by molar-refractivity contribution is 6.11. The summed E-state index contributed by atoms with van der Waals surface area (Å²) in [5, 5.41) is 3.30. The van der Waals surface area contributed by atoms with Crippen molar-refractivity contribution in [3.05, 3.63) is 95.4 Å². The van der Waals surface area contributed by atoms with Gasteiger partial charge in [0.15, 0.2) is 0 Å². The summed E-state index contributed by atoms with van der Waals surface area (Å²) in [6.45, 7) is 1.37. The van der Waals surface area contributed by atoms with E-state index in [4.69, 9.17) is 14.4 Å². The van der Waals surface area contributed by atoms with Crippen molar-refractivity contribution in [2.75, 3.05) is 6.54 Å². The minimum atomic E-state index is 0.360. The molecule has 0 saturated carbocycles. The lowest BCUT2D eigenvalue weighted by molar-refractivity contribution is 0.501. The zero-order valence-electron chi connectivity index (χ0n) is 15.0. The van der Waals surface area contributed by atoms with E-state index in [2.05, 4.69) is 59.9 Å². The number of guanidine groups is 1. The van der Waals surface area contributed by atoms with Gasteiger partial charge in [-0.05, 0) is 29.7 Å². The molecule has 0 spiro atoms. The molecule has 0 amide bonds. The molecule has 5 rings (SSSR count). The molecule has 27 heavy (non-hydrogen) atoms. The summed E-state index contributed by atoms with van der Waals surface area (Å²) in [6, 6.07) is 23.3. The van der Waals surface area contributed by atoms with Crippen LogP contribution in [0.5, 0.6) is 0 Å². The minimum absolute atomic E-state index is 0.360. The average molecular weight is 355 g/mol. The van der Waals surface area contributed by atoms with Crippen molar-refractivity contribution in [3.63, 3.8) is 0 Å². The van der Waals surface area contributed by atoms with Crippen LogP contribution in [0.3, 0.4) is 0 Å². The first-order chi connectivity index (χ1) is 13.4. The van der Waals surface area contributed by atoms with Crippen molar-refractivity contribution in [3.8, 4) is 0 Å². The average Bonchev–Trinajstić information content (AvgIpc) is 3.26. The molecule has 2 aliphatic rings. The van der Waals surface area contributed by atoms with E-state index in [1.165, 1.54) is 16.7 Å². The van der Waals surface area contributed by atoms with E-state index in [9.17, 15) is 0 Å². The third kappa shape index (κ3) is 3.08. The molecule has 1 aromatic heterocycles. The fraction of sp³-hybridized carbons (Fsp3) is 0.217. The Hall–Kier alpha value is -3.14. The molecule has 2 unspecified atom stereocenters.